The van der Waals surface area contributed by atoms with E-state index in [4.69, 9.17) is 11.5 Å². The maximum atomic E-state index is 13.9. The summed E-state index contributed by atoms with van der Waals surface area (Å²) >= 11 is 0. The second-order valence-electron chi connectivity index (χ2n) is 5.44. The molecule has 2 rings (SSSR count). The van der Waals surface area contributed by atoms with Gasteiger partial charge in [-0.05, 0) is 24.5 Å². The van der Waals surface area contributed by atoms with Gasteiger partial charge in [-0.2, -0.15) is 0 Å². The summed E-state index contributed by atoms with van der Waals surface area (Å²) in [6.07, 6.45) is 4.41. The number of nitrogens with two attached hydrogens (primary N) is 2. The molecular weight excluding hydrogens is 257 g/mol. The topological polar surface area (TPSA) is 72.3 Å². The van der Waals surface area contributed by atoms with Crippen molar-refractivity contribution in [1.82, 2.24) is 4.90 Å². The first-order chi connectivity index (χ1) is 9.60. The Morgan fingerprint density at radius 1 is 1.35 bits per heavy atom. The third-order valence-corrected chi connectivity index (χ3v) is 3.92. The summed E-state index contributed by atoms with van der Waals surface area (Å²) < 4.78 is 13.9. The lowest BCUT2D eigenvalue weighted by molar-refractivity contribution is -0.119. The summed E-state index contributed by atoms with van der Waals surface area (Å²) in [5, 5.41) is 0. The van der Waals surface area contributed by atoms with E-state index >= 15 is 0 Å². The zero-order chi connectivity index (χ0) is 14.5. The minimum absolute atomic E-state index is 0.178. The van der Waals surface area contributed by atoms with E-state index in [0.29, 0.717) is 24.7 Å². The lowest BCUT2D eigenvalue weighted by atomic mass is 10.1. The van der Waals surface area contributed by atoms with Crippen LogP contribution >= 0.6 is 0 Å². The Labute approximate surface area is 118 Å². The van der Waals surface area contributed by atoms with Gasteiger partial charge in [-0.15, -0.1) is 0 Å². The molecule has 0 heterocycles. The number of hydrogen-bond acceptors (Lipinski definition) is 3. The standard InChI is InChI=1S/C15H22FN3O/c16-14-6-5-11(8-17)7-12(14)9-19(10-15(18)20)13-3-1-2-4-13/h5-7,13H,1-4,8-10,17H2,(H2,18,20). The van der Waals surface area contributed by atoms with Crippen molar-refractivity contribution in [3.8, 4) is 0 Å². The zero-order valence-corrected chi connectivity index (χ0v) is 11.6. The van der Waals surface area contributed by atoms with Crippen LogP contribution in [0.5, 0.6) is 0 Å². The molecule has 0 spiro atoms. The summed E-state index contributed by atoms with van der Waals surface area (Å²) in [7, 11) is 0. The van der Waals surface area contributed by atoms with Gasteiger partial charge in [0.1, 0.15) is 5.82 Å². The van der Waals surface area contributed by atoms with Gasteiger partial charge in [-0.25, -0.2) is 4.39 Å². The predicted octanol–water partition coefficient (Wildman–Crippen LogP) is 1.51. The molecule has 1 amide bonds. The summed E-state index contributed by atoms with van der Waals surface area (Å²) in [4.78, 5) is 13.2. The molecule has 0 aliphatic heterocycles. The van der Waals surface area contributed by atoms with E-state index in [1.807, 2.05) is 4.90 Å². The molecule has 0 atom stereocenters. The number of amides is 1. The third kappa shape index (κ3) is 3.77. The molecule has 110 valence electrons. The summed E-state index contributed by atoms with van der Waals surface area (Å²) in [5.74, 6) is -0.623. The quantitative estimate of drug-likeness (QED) is 0.829. The summed E-state index contributed by atoms with van der Waals surface area (Å²) in [6, 6.07) is 5.23. The van der Waals surface area contributed by atoms with Crippen LogP contribution in [0, 0.1) is 5.82 Å². The van der Waals surface area contributed by atoms with Crippen LogP contribution in [0.2, 0.25) is 0 Å². The molecule has 5 heteroatoms. The molecule has 0 unspecified atom stereocenters. The summed E-state index contributed by atoms with van der Waals surface area (Å²) in [5.41, 5.74) is 12.4. The molecule has 1 fully saturated rings. The van der Waals surface area contributed by atoms with Crippen LogP contribution < -0.4 is 11.5 Å². The van der Waals surface area contributed by atoms with Gasteiger partial charge in [-0.3, -0.25) is 9.69 Å². The Balaban J connectivity index is 2.15. The highest BCUT2D eigenvalue weighted by atomic mass is 19.1. The average molecular weight is 279 g/mol. The molecule has 1 aliphatic rings. The van der Waals surface area contributed by atoms with E-state index in [-0.39, 0.29) is 18.3 Å². The molecule has 0 radical (unpaired) electrons. The Bertz CT molecular complexity index is 472. The highest BCUT2D eigenvalue weighted by molar-refractivity contribution is 5.76. The largest absolute Gasteiger partial charge is 0.369 e. The van der Waals surface area contributed by atoms with Crippen molar-refractivity contribution < 1.29 is 9.18 Å². The predicted molar refractivity (Wildman–Crippen MR) is 76.2 cm³/mol. The van der Waals surface area contributed by atoms with Crippen molar-refractivity contribution in [3.63, 3.8) is 0 Å². The molecule has 1 saturated carbocycles. The van der Waals surface area contributed by atoms with Crippen molar-refractivity contribution >= 4 is 5.91 Å². The number of carbonyl (C=O) groups excluding carboxylic acids is 1. The van der Waals surface area contributed by atoms with E-state index in [0.717, 1.165) is 31.2 Å². The Kier molecular flexibility index (Phi) is 5.09. The first-order valence-corrected chi connectivity index (χ1v) is 7.10. The fourth-order valence-electron chi connectivity index (χ4n) is 2.88. The summed E-state index contributed by atoms with van der Waals surface area (Å²) in [6.45, 7) is 0.969. The zero-order valence-electron chi connectivity index (χ0n) is 11.6. The maximum absolute atomic E-state index is 13.9. The number of carbonyl (C=O) groups is 1. The van der Waals surface area contributed by atoms with Gasteiger partial charge in [0.25, 0.3) is 0 Å². The number of nitrogens with zero attached hydrogens (tertiary/aromatic N) is 1. The molecule has 1 aromatic rings. The number of benzene rings is 1. The average Bonchev–Trinajstić information content (AvgIpc) is 2.94. The number of rotatable bonds is 6. The maximum Gasteiger partial charge on any atom is 0.231 e. The fraction of sp³-hybridized carbons (Fsp3) is 0.533. The van der Waals surface area contributed by atoms with Crippen LogP contribution in [0.15, 0.2) is 18.2 Å². The monoisotopic (exact) mass is 279 g/mol. The first kappa shape index (κ1) is 14.9. The smallest absolute Gasteiger partial charge is 0.231 e. The third-order valence-electron chi connectivity index (χ3n) is 3.92. The van der Waals surface area contributed by atoms with Gasteiger partial charge in [0.15, 0.2) is 0 Å². The molecule has 0 aromatic heterocycles. The first-order valence-electron chi connectivity index (χ1n) is 7.10. The van der Waals surface area contributed by atoms with Crippen molar-refractivity contribution in [3.05, 3.63) is 35.1 Å². The van der Waals surface area contributed by atoms with Gasteiger partial charge in [0.05, 0.1) is 6.54 Å². The van der Waals surface area contributed by atoms with E-state index < -0.39 is 0 Å². The molecule has 0 saturated heterocycles. The van der Waals surface area contributed by atoms with E-state index in [1.54, 1.807) is 12.1 Å². The van der Waals surface area contributed by atoms with Crippen LogP contribution in [0.1, 0.15) is 36.8 Å². The van der Waals surface area contributed by atoms with Crippen molar-refractivity contribution in [2.45, 2.75) is 44.8 Å². The molecule has 4 nitrogen and oxygen atoms in total. The van der Waals surface area contributed by atoms with Gasteiger partial charge in [-0.1, -0.05) is 25.0 Å². The lowest BCUT2D eigenvalue weighted by Gasteiger charge is -2.27. The highest BCUT2D eigenvalue weighted by Crippen LogP contribution is 2.25. The van der Waals surface area contributed by atoms with E-state index in [9.17, 15) is 9.18 Å². The molecule has 0 bridgehead atoms. The van der Waals surface area contributed by atoms with E-state index in [2.05, 4.69) is 0 Å². The van der Waals surface area contributed by atoms with Crippen LogP contribution in [0.4, 0.5) is 4.39 Å². The molecule has 1 aromatic carbocycles. The minimum atomic E-state index is -0.368. The van der Waals surface area contributed by atoms with Gasteiger partial charge in [0, 0.05) is 24.7 Å². The Morgan fingerprint density at radius 3 is 2.65 bits per heavy atom. The van der Waals surface area contributed by atoms with E-state index in [1.165, 1.54) is 6.07 Å². The molecule has 1 aliphatic carbocycles. The normalized spacial score (nSPS) is 15.9. The van der Waals surface area contributed by atoms with Crippen LogP contribution in [-0.4, -0.2) is 23.4 Å². The highest BCUT2D eigenvalue weighted by Gasteiger charge is 2.24. The SMILES string of the molecule is NCc1ccc(F)c(CN(CC(N)=O)C2CCCC2)c1. The van der Waals surface area contributed by atoms with Gasteiger partial charge >= 0.3 is 0 Å². The van der Waals surface area contributed by atoms with Gasteiger partial charge < -0.3 is 11.5 Å². The molecular formula is C15H22FN3O. The lowest BCUT2D eigenvalue weighted by Crippen LogP contribution is -2.39. The number of halogens is 1. The van der Waals surface area contributed by atoms with Gasteiger partial charge in [0.2, 0.25) is 5.91 Å². The Morgan fingerprint density at radius 2 is 2.05 bits per heavy atom. The minimum Gasteiger partial charge on any atom is -0.369 e. The fourth-order valence-corrected chi connectivity index (χ4v) is 2.88. The number of primary amides is 1. The second-order valence-corrected chi connectivity index (χ2v) is 5.44. The van der Waals surface area contributed by atoms with Crippen molar-refractivity contribution in [1.29, 1.82) is 0 Å². The molecule has 20 heavy (non-hydrogen) atoms. The van der Waals surface area contributed by atoms with Crippen LogP contribution in [-0.2, 0) is 17.9 Å². The number of hydrogen-bond donors (Lipinski definition) is 2. The second kappa shape index (κ2) is 6.81. The van der Waals surface area contributed by atoms with Crippen LogP contribution in [0.25, 0.3) is 0 Å². The van der Waals surface area contributed by atoms with Crippen molar-refractivity contribution in [2.24, 2.45) is 11.5 Å². The van der Waals surface area contributed by atoms with Crippen LogP contribution in [0.3, 0.4) is 0 Å². The Hall–Kier alpha value is -1.46. The van der Waals surface area contributed by atoms with Crippen molar-refractivity contribution in [2.75, 3.05) is 6.54 Å². The molecule has 4 N–H and O–H groups in total.